The first kappa shape index (κ1) is 21.2. The molecule has 0 saturated carbocycles. The van der Waals surface area contributed by atoms with Crippen LogP contribution in [0.5, 0.6) is 0 Å². The zero-order valence-corrected chi connectivity index (χ0v) is 17.4. The van der Waals surface area contributed by atoms with Gasteiger partial charge in [-0.2, -0.15) is 0 Å². The van der Waals surface area contributed by atoms with Crippen LogP contribution < -0.4 is 16.0 Å². The lowest BCUT2D eigenvalue weighted by atomic mass is 10.1. The SMILES string of the molecule is CCCC(=O)Nc1ccc(CNC(=NC)NC2CN(C(C)C)CC2C)cc1. The highest BCUT2D eigenvalue weighted by molar-refractivity contribution is 5.90. The van der Waals surface area contributed by atoms with Crippen molar-refractivity contribution in [2.75, 3.05) is 25.5 Å². The molecule has 0 bridgehead atoms. The van der Waals surface area contributed by atoms with E-state index in [0.717, 1.165) is 36.7 Å². The molecule has 1 heterocycles. The Bertz CT molecular complexity index is 626. The van der Waals surface area contributed by atoms with E-state index in [1.54, 1.807) is 0 Å². The number of carbonyl (C=O) groups excluding carboxylic acids is 1. The van der Waals surface area contributed by atoms with Crippen LogP contribution in [0, 0.1) is 5.92 Å². The van der Waals surface area contributed by atoms with Crippen LogP contribution in [0.25, 0.3) is 0 Å². The molecule has 0 spiro atoms. The summed E-state index contributed by atoms with van der Waals surface area (Å²) >= 11 is 0. The number of carbonyl (C=O) groups is 1. The highest BCUT2D eigenvalue weighted by atomic mass is 16.1. The lowest BCUT2D eigenvalue weighted by Gasteiger charge is -2.22. The van der Waals surface area contributed by atoms with Crippen molar-refractivity contribution in [3.63, 3.8) is 0 Å². The summed E-state index contributed by atoms with van der Waals surface area (Å²) in [5.74, 6) is 1.49. The van der Waals surface area contributed by atoms with E-state index in [1.165, 1.54) is 0 Å². The number of nitrogens with zero attached hydrogens (tertiary/aromatic N) is 2. The average molecular weight is 374 g/mol. The Labute approximate surface area is 163 Å². The van der Waals surface area contributed by atoms with Crippen molar-refractivity contribution >= 4 is 17.6 Å². The predicted molar refractivity (Wildman–Crippen MR) is 113 cm³/mol. The third-order valence-corrected chi connectivity index (χ3v) is 5.09. The Morgan fingerprint density at radius 1 is 1.26 bits per heavy atom. The van der Waals surface area contributed by atoms with Gasteiger partial charge in [0, 0.05) is 50.9 Å². The van der Waals surface area contributed by atoms with Crippen molar-refractivity contribution in [2.45, 2.75) is 59.2 Å². The minimum Gasteiger partial charge on any atom is -0.352 e. The van der Waals surface area contributed by atoms with Gasteiger partial charge in [-0.3, -0.25) is 14.7 Å². The number of aliphatic imine (C=N–C) groups is 1. The van der Waals surface area contributed by atoms with Gasteiger partial charge in [0.2, 0.25) is 5.91 Å². The third kappa shape index (κ3) is 6.54. The smallest absolute Gasteiger partial charge is 0.224 e. The van der Waals surface area contributed by atoms with Crippen LogP contribution >= 0.6 is 0 Å². The van der Waals surface area contributed by atoms with Crippen LogP contribution in [-0.2, 0) is 11.3 Å². The fraction of sp³-hybridized carbons (Fsp3) is 0.619. The minimum absolute atomic E-state index is 0.0640. The second-order valence-electron chi connectivity index (χ2n) is 7.70. The number of rotatable bonds is 7. The number of hydrogen-bond donors (Lipinski definition) is 3. The minimum atomic E-state index is 0.0640. The highest BCUT2D eigenvalue weighted by Gasteiger charge is 2.31. The second kappa shape index (κ2) is 10.3. The molecule has 1 aliphatic heterocycles. The van der Waals surface area contributed by atoms with E-state index in [1.807, 2.05) is 38.2 Å². The van der Waals surface area contributed by atoms with E-state index in [9.17, 15) is 4.79 Å². The van der Waals surface area contributed by atoms with Gasteiger partial charge in [0.1, 0.15) is 0 Å². The van der Waals surface area contributed by atoms with Crippen molar-refractivity contribution in [3.05, 3.63) is 29.8 Å². The van der Waals surface area contributed by atoms with E-state index in [-0.39, 0.29) is 5.91 Å². The molecule has 1 aliphatic rings. The Balaban J connectivity index is 1.83. The maximum Gasteiger partial charge on any atom is 0.224 e. The summed E-state index contributed by atoms with van der Waals surface area (Å²) in [6.45, 7) is 11.6. The monoisotopic (exact) mass is 373 g/mol. The normalized spacial score (nSPS) is 20.7. The first-order chi connectivity index (χ1) is 12.9. The fourth-order valence-electron chi connectivity index (χ4n) is 3.33. The summed E-state index contributed by atoms with van der Waals surface area (Å²) in [6, 6.07) is 8.93. The molecule has 0 aromatic heterocycles. The quantitative estimate of drug-likeness (QED) is 0.508. The summed E-state index contributed by atoms with van der Waals surface area (Å²) < 4.78 is 0. The number of nitrogens with one attached hydrogen (secondary N) is 3. The van der Waals surface area contributed by atoms with Crippen LogP contribution in [0.2, 0.25) is 0 Å². The van der Waals surface area contributed by atoms with Gasteiger partial charge in [-0.15, -0.1) is 0 Å². The van der Waals surface area contributed by atoms with Crippen LogP contribution in [0.1, 0.15) is 46.1 Å². The fourth-order valence-corrected chi connectivity index (χ4v) is 3.33. The van der Waals surface area contributed by atoms with E-state index in [2.05, 4.69) is 46.6 Å². The van der Waals surface area contributed by atoms with Gasteiger partial charge in [-0.05, 0) is 43.9 Å². The van der Waals surface area contributed by atoms with Gasteiger partial charge in [-0.1, -0.05) is 26.0 Å². The molecule has 0 radical (unpaired) electrons. The molecule has 150 valence electrons. The Morgan fingerprint density at radius 3 is 2.52 bits per heavy atom. The summed E-state index contributed by atoms with van der Waals surface area (Å²) in [4.78, 5) is 18.5. The molecule has 1 amide bonds. The molecular formula is C21H35N5O. The molecule has 1 fully saturated rings. The molecule has 2 atom stereocenters. The lowest BCUT2D eigenvalue weighted by Crippen LogP contribution is -2.46. The molecule has 0 aliphatic carbocycles. The van der Waals surface area contributed by atoms with Gasteiger partial charge >= 0.3 is 0 Å². The van der Waals surface area contributed by atoms with E-state index < -0.39 is 0 Å². The van der Waals surface area contributed by atoms with E-state index in [4.69, 9.17) is 0 Å². The number of guanidine groups is 1. The van der Waals surface area contributed by atoms with Crippen LogP contribution in [0.3, 0.4) is 0 Å². The molecule has 1 saturated heterocycles. The van der Waals surface area contributed by atoms with Gasteiger partial charge in [0.25, 0.3) is 0 Å². The summed E-state index contributed by atoms with van der Waals surface area (Å²) in [6.07, 6.45) is 1.41. The molecular weight excluding hydrogens is 338 g/mol. The molecule has 2 rings (SSSR count). The van der Waals surface area contributed by atoms with Gasteiger partial charge in [0.15, 0.2) is 5.96 Å². The number of anilines is 1. The van der Waals surface area contributed by atoms with Gasteiger partial charge < -0.3 is 16.0 Å². The predicted octanol–water partition coefficient (Wildman–Crippen LogP) is 2.82. The van der Waals surface area contributed by atoms with E-state index >= 15 is 0 Å². The van der Waals surface area contributed by atoms with Crippen LogP contribution in [0.4, 0.5) is 5.69 Å². The van der Waals surface area contributed by atoms with Crippen LogP contribution in [0.15, 0.2) is 29.3 Å². The summed E-state index contributed by atoms with van der Waals surface area (Å²) in [5.41, 5.74) is 1.99. The number of benzene rings is 1. The Hall–Kier alpha value is -2.08. The molecule has 1 aromatic carbocycles. The number of amides is 1. The van der Waals surface area contributed by atoms with Crippen molar-refractivity contribution in [3.8, 4) is 0 Å². The van der Waals surface area contributed by atoms with Crippen molar-refractivity contribution < 1.29 is 4.79 Å². The summed E-state index contributed by atoms with van der Waals surface area (Å²) in [7, 11) is 1.81. The third-order valence-electron chi connectivity index (χ3n) is 5.09. The first-order valence-electron chi connectivity index (χ1n) is 10.0. The molecule has 27 heavy (non-hydrogen) atoms. The van der Waals surface area contributed by atoms with Crippen molar-refractivity contribution in [2.24, 2.45) is 10.9 Å². The largest absolute Gasteiger partial charge is 0.352 e. The zero-order chi connectivity index (χ0) is 19.8. The Kier molecular flexibility index (Phi) is 8.10. The second-order valence-corrected chi connectivity index (χ2v) is 7.70. The Morgan fingerprint density at radius 2 is 1.96 bits per heavy atom. The van der Waals surface area contributed by atoms with Crippen molar-refractivity contribution in [1.29, 1.82) is 0 Å². The maximum atomic E-state index is 11.7. The highest BCUT2D eigenvalue weighted by Crippen LogP contribution is 2.18. The molecule has 1 aromatic rings. The van der Waals surface area contributed by atoms with Crippen molar-refractivity contribution in [1.82, 2.24) is 15.5 Å². The van der Waals surface area contributed by atoms with E-state index in [0.29, 0.717) is 31.0 Å². The maximum absolute atomic E-state index is 11.7. The molecule has 6 heteroatoms. The lowest BCUT2D eigenvalue weighted by molar-refractivity contribution is -0.116. The standard InChI is InChI=1S/C21H35N5O/c1-6-7-20(27)24-18-10-8-17(9-11-18)12-23-21(22-5)25-19-14-26(15(2)3)13-16(19)4/h8-11,15-16,19H,6-7,12-14H2,1-5H3,(H,24,27)(H2,22,23,25). The first-order valence-corrected chi connectivity index (χ1v) is 10.0. The molecule has 2 unspecified atom stereocenters. The average Bonchev–Trinajstić information content (AvgIpc) is 3.01. The number of hydrogen-bond acceptors (Lipinski definition) is 3. The topological polar surface area (TPSA) is 68.8 Å². The zero-order valence-electron chi connectivity index (χ0n) is 17.4. The van der Waals surface area contributed by atoms with Gasteiger partial charge in [-0.25, -0.2) is 0 Å². The van der Waals surface area contributed by atoms with Gasteiger partial charge in [0.05, 0.1) is 0 Å². The molecule has 6 nitrogen and oxygen atoms in total. The van der Waals surface area contributed by atoms with Crippen LogP contribution in [-0.4, -0.2) is 49.0 Å². The summed E-state index contributed by atoms with van der Waals surface area (Å²) in [5, 5.41) is 9.87. The number of likely N-dealkylation sites (tertiary alicyclic amines) is 1. The molecule has 3 N–H and O–H groups in total.